The summed E-state index contributed by atoms with van der Waals surface area (Å²) in [6.07, 6.45) is 1.73. The maximum atomic E-state index is 13.3. The van der Waals surface area contributed by atoms with Crippen LogP contribution in [0, 0.1) is 0 Å². The molecule has 7 heteroatoms. The van der Waals surface area contributed by atoms with E-state index in [0.29, 0.717) is 45.3 Å². The van der Waals surface area contributed by atoms with Crippen molar-refractivity contribution in [3.05, 3.63) is 102 Å². The first kappa shape index (κ1) is 27.1. The van der Waals surface area contributed by atoms with Crippen molar-refractivity contribution in [2.24, 2.45) is 0 Å². The fourth-order valence-electron chi connectivity index (χ4n) is 4.96. The normalized spacial score (nSPS) is 15.7. The second kappa shape index (κ2) is 13.0. The molecule has 7 nitrogen and oxygen atoms in total. The van der Waals surface area contributed by atoms with Crippen LogP contribution in [-0.2, 0) is 25.5 Å². The standard InChI is InChI=1S/C31H35N3O4/c1-38-30(37)31(33-28(35)18-17-24-11-5-2-6-12-24)19-21-34(22-20-31)23-27(25-13-7-3-8-14-25)29(36)32-26-15-9-4-10-16-26/h2-16,27H,17-23H2,1H3,(H,32,36)(H,33,35). The van der Waals surface area contributed by atoms with Gasteiger partial charge in [-0.15, -0.1) is 0 Å². The largest absolute Gasteiger partial charge is 0.467 e. The van der Waals surface area contributed by atoms with E-state index >= 15 is 0 Å². The average molecular weight is 514 g/mol. The fourth-order valence-corrected chi connectivity index (χ4v) is 4.96. The third-order valence-electron chi connectivity index (χ3n) is 7.15. The highest BCUT2D eigenvalue weighted by Crippen LogP contribution is 2.27. The Kier molecular flexibility index (Phi) is 9.27. The first-order valence-corrected chi connectivity index (χ1v) is 13.1. The molecular formula is C31H35N3O4. The monoisotopic (exact) mass is 513 g/mol. The van der Waals surface area contributed by atoms with Crippen LogP contribution in [0.4, 0.5) is 5.69 Å². The Morgan fingerprint density at radius 2 is 1.45 bits per heavy atom. The lowest BCUT2D eigenvalue weighted by molar-refractivity contribution is -0.153. The third kappa shape index (κ3) is 7.07. The number of likely N-dealkylation sites (tertiary alicyclic amines) is 1. The van der Waals surface area contributed by atoms with Gasteiger partial charge in [-0.1, -0.05) is 78.9 Å². The quantitative estimate of drug-likeness (QED) is 0.398. The Hall–Kier alpha value is -3.97. The maximum absolute atomic E-state index is 13.3. The summed E-state index contributed by atoms with van der Waals surface area (Å²) >= 11 is 0. The van der Waals surface area contributed by atoms with E-state index in [1.54, 1.807) is 0 Å². The Balaban J connectivity index is 1.40. The van der Waals surface area contributed by atoms with Crippen LogP contribution in [0.2, 0.25) is 0 Å². The van der Waals surface area contributed by atoms with Gasteiger partial charge in [-0.2, -0.15) is 0 Å². The number of hydrogen-bond donors (Lipinski definition) is 2. The van der Waals surface area contributed by atoms with Crippen LogP contribution in [0.15, 0.2) is 91.0 Å². The average Bonchev–Trinajstić information content (AvgIpc) is 2.96. The molecule has 0 aromatic heterocycles. The molecule has 1 heterocycles. The lowest BCUT2D eigenvalue weighted by atomic mass is 9.86. The predicted octanol–water partition coefficient (Wildman–Crippen LogP) is 4.17. The third-order valence-corrected chi connectivity index (χ3v) is 7.15. The molecule has 198 valence electrons. The van der Waals surface area contributed by atoms with Crippen LogP contribution < -0.4 is 10.6 Å². The molecule has 0 radical (unpaired) electrons. The number of rotatable bonds is 10. The molecule has 1 fully saturated rings. The van der Waals surface area contributed by atoms with Crippen LogP contribution in [0.1, 0.15) is 36.3 Å². The van der Waals surface area contributed by atoms with Crippen molar-refractivity contribution >= 4 is 23.5 Å². The second-order valence-corrected chi connectivity index (χ2v) is 9.73. The molecule has 3 aromatic carbocycles. The molecule has 1 aliphatic heterocycles. The van der Waals surface area contributed by atoms with Crippen LogP contribution >= 0.6 is 0 Å². The fraction of sp³-hybridized carbons (Fsp3) is 0.323. The molecule has 1 aliphatic rings. The molecular weight excluding hydrogens is 478 g/mol. The Morgan fingerprint density at radius 1 is 0.868 bits per heavy atom. The molecule has 0 aliphatic carbocycles. The van der Waals surface area contributed by atoms with Gasteiger partial charge in [-0.05, 0) is 42.5 Å². The molecule has 2 N–H and O–H groups in total. The van der Waals surface area contributed by atoms with E-state index in [0.717, 1.165) is 16.8 Å². The van der Waals surface area contributed by atoms with Crippen molar-refractivity contribution in [1.29, 1.82) is 0 Å². The SMILES string of the molecule is COC(=O)C1(NC(=O)CCc2ccccc2)CCN(CC(C(=O)Nc2ccccc2)c2ccccc2)CC1. The van der Waals surface area contributed by atoms with E-state index in [4.69, 9.17) is 4.74 Å². The minimum absolute atomic E-state index is 0.0820. The van der Waals surface area contributed by atoms with Crippen molar-refractivity contribution in [2.45, 2.75) is 37.1 Å². The van der Waals surface area contributed by atoms with Gasteiger partial charge in [0.2, 0.25) is 11.8 Å². The first-order chi connectivity index (χ1) is 18.5. The number of para-hydroxylation sites is 1. The molecule has 1 unspecified atom stereocenters. The van der Waals surface area contributed by atoms with E-state index in [2.05, 4.69) is 15.5 Å². The summed E-state index contributed by atoms with van der Waals surface area (Å²) in [7, 11) is 1.35. The smallest absolute Gasteiger partial charge is 0.331 e. The van der Waals surface area contributed by atoms with Crippen molar-refractivity contribution in [3.63, 3.8) is 0 Å². The molecule has 0 spiro atoms. The number of ether oxygens (including phenoxy) is 1. The number of aryl methyl sites for hydroxylation is 1. The van der Waals surface area contributed by atoms with Gasteiger partial charge in [0.05, 0.1) is 13.0 Å². The summed E-state index contributed by atoms with van der Waals surface area (Å²) in [5, 5.41) is 6.03. The van der Waals surface area contributed by atoms with Gasteiger partial charge in [0, 0.05) is 31.7 Å². The highest BCUT2D eigenvalue weighted by atomic mass is 16.5. The Labute approximate surface area is 224 Å². The summed E-state index contributed by atoms with van der Waals surface area (Å²) in [4.78, 5) is 41.2. The van der Waals surface area contributed by atoms with Gasteiger partial charge in [-0.3, -0.25) is 9.59 Å². The lowest BCUT2D eigenvalue weighted by Gasteiger charge is -2.41. The van der Waals surface area contributed by atoms with E-state index in [1.807, 2.05) is 91.0 Å². The number of nitrogens with one attached hydrogen (secondary N) is 2. The van der Waals surface area contributed by atoms with Gasteiger partial charge in [0.15, 0.2) is 0 Å². The minimum Gasteiger partial charge on any atom is -0.467 e. The highest BCUT2D eigenvalue weighted by molar-refractivity contribution is 5.96. The van der Waals surface area contributed by atoms with E-state index < -0.39 is 11.5 Å². The first-order valence-electron chi connectivity index (χ1n) is 13.1. The molecule has 2 amide bonds. The van der Waals surface area contributed by atoms with Crippen molar-refractivity contribution in [1.82, 2.24) is 10.2 Å². The summed E-state index contributed by atoms with van der Waals surface area (Å²) in [5.41, 5.74) is 1.69. The number of hydrogen-bond acceptors (Lipinski definition) is 5. The zero-order valence-corrected chi connectivity index (χ0v) is 21.8. The van der Waals surface area contributed by atoms with E-state index in [-0.39, 0.29) is 17.7 Å². The molecule has 4 rings (SSSR count). The second-order valence-electron chi connectivity index (χ2n) is 9.73. The predicted molar refractivity (Wildman–Crippen MR) is 148 cm³/mol. The van der Waals surface area contributed by atoms with Gasteiger partial charge in [-0.25, -0.2) is 4.79 Å². The summed E-state index contributed by atoms with van der Waals surface area (Å²) in [6, 6.07) is 28.9. The number of carbonyl (C=O) groups is 3. The van der Waals surface area contributed by atoms with Crippen molar-refractivity contribution in [3.8, 4) is 0 Å². The Bertz CT molecular complexity index is 1190. The van der Waals surface area contributed by atoms with Gasteiger partial charge < -0.3 is 20.3 Å². The number of nitrogens with zero attached hydrogens (tertiary/aromatic N) is 1. The van der Waals surface area contributed by atoms with Crippen LogP contribution in [-0.4, -0.2) is 55.0 Å². The van der Waals surface area contributed by atoms with Crippen molar-refractivity contribution in [2.75, 3.05) is 32.1 Å². The van der Waals surface area contributed by atoms with Gasteiger partial charge in [0.1, 0.15) is 5.54 Å². The molecule has 3 aromatic rings. The number of esters is 1. The number of anilines is 1. The Morgan fingerprint density at radius 3 is 2.05 bits per heavy atom. The maximum Gasteiger partial charge on any atom is 0.331 e. The molecule has 38 heavy (non-hydrogen) atoms. The van der Waals surface area contributed by atoms with Gasteiger partial charge in [0.25, 0.3) is 0 Å². The number of amides is 2. The topological polar surface area (TPSA) is 87.7 Å². The number of benzene rings is 3. The van der Waals surface area contributed by atoms with E-state index in [9.17, 15) is 14.4 Å². The van der Waals surface area contributed by atoms with Crippen LogP contribution in [0.5, 0.6) is 0 Å². The molecule has 0 saturated carbocycles. The molecule has 1 atom stereocenters. The zero-order chi connectivity index (χ0) is 26.8. The number of methoxy groups -OCH3 is 1. The van der Waals surface area contributed by atoms with Gasteiger partial charge >= 0.3 is 5.97 Å². The lowest BCUT2D eigenvalue weighted by Crippen LogP contribution is -2.60. The van der Waals surface area contributed by atoms with Crippen molar-refractivity contribution < 1.29 is 19.1 Å². The van der Waals surface area contributed by atoms with Crippen LogP contribution in [0.25, 0.3) is 0 Å². The molecule has 0 bridgehead atoms. The summed E-state index contributed by atoms with van der Waals surface area (Å²) in [6.45, 7) is 1.61. The number of carbonyl (C=O) groups excluding carboxylic acids is 3. The highest BCUT2D eigenvalue weighted by Gasteiger charge is 2.44. The van der Waals surface area contributed by atoms with Crippen LogP contribution in [0.3, 0.4) is 0 Å². The summed E-state index contributed by atoms with van der Waals surface area (Å²) < 4.78 is 5.11. The zero-order valence-electron chi connectivity index (χ0n) is 21.8. The number of piperidine rings is 1. The van der Waals surface area contributed by atoms with E-state index in [1.165, 1.54) is 7.11 Å². The minimum atomic E-state index is -1.06. The summed E-state index contributed by atoms with van der Waals surface area (Å²) in [5.74, 6) is -1.06. The molecule has 1 saturated heterocycles.